The van der Waals surface area contributed by atoms with Crippen LogP contribution in [0.1, 0.15) is 33.4 Å². The zero-order valence-electron chi connectivity index (χ0n) is 21.2. The summed E-state index contributed by atoms with van der Waals surface area (Å²) in [5.41, 5.74) is 1.01. The van der Waals surface area contributed by atoms with Gasteiger partial charge in [-0.2, -0.15) is 0 Å². The summed E-state index contributed by atoms with van der Waals surface area (Å²) in [6.07, 6.45) is 2.48. The first-order chi connectivity index (χ1) is 19.1. The highest BCUT2D eigenvalue weighted by atomic mass is 35.5. The lowest BCUT2D eigenvalue weighted by atomic mass is 9.94. The first-order valence-corrected chi connectivity index (χ1v) is 15.0. The van der Waals surface area contributed by atoms with Gasteiger partial charge in [-0.15, -0.1) is 11.3 Å². The summed E-state index contributed by atoms with van der Waals surface area (Å²) < 4.78 is 45.4. The van der Waals surface area contributed by atoms with E-state index >= 15 is 0 Å². The first kappa shape index (κ1) is 27.9. The number of carbonyl (C=O) groups is 2. The third kappa shape index (κ3) is 5.37. The molecule has 0 radical (unpaired) electrons. The predicted molar refractivity (Wildman–Crippen MR) is 145 cm³/mol. The minimum atomic E-state index is -4.08. The fraction of sp³-hybridized carbons (Fsp3) is 0.231. The zero-order chi connectivity index (χ0) is 28.6. The van der Waals surface area contributed by atoms with Gasteiger partial charge in [-0.05, 0) is 28.7 Å². The lowest BCUT2D eigenvalue weighted by Gasteiger charge is -2.31. The number of rotatable bonds is 7. The summed E-state index contributed by atoms with van der Waals surface area (Å²) in [6, 6.07) is 9.81. The lowest BCUT2D eigenvalue weighted by Crippen LogP contribution is -2.43. The summed E-state index contributed by atoms with van der Waals surface area (Å²) in [7, 11) is -2.87. The number of aliphatic imine (C=N–C) groups is 1. The van der Waals surface area contributed by atoms with Crippen molar-refractivity contribution in [3.8, 4) is 0 Å². The van der Waals surface area contributed by atoms with Gasteiger partial charge in [0, 0.05) is 40.8 Å². The second-order valence-electron chi connectivity index (χ2n) is 8.94. The van der Waals surface area contributed by atoms with Crippen LogP contribution in [0.4, 0.5) is 4.39 Å². The van der Waals surface area contributed by atoms with Crippen molar-refractivity contribution < 1.29 is 32.0 Å². The fourth-order valence-corrected chi connectivity index (χ4v) is 6.46. The molecule has 14 heteroatoms. The Hall–Kier alpha value is -3.65. The van der Waals surface area contributed by atoms with Crippen LogP contribution in [0, 0.1) is 5.82 Å². The quantitative estimate of drug-likeness (QED) is 0.294. The molecule has 5 rings (SSSR count). The predicted octanol–water partition coefficient (Wildman–Crippen LogP) is 3.97. The zero-order valence-corrected chi connectivity index (χ0v) is 23.5. The number of benzene rings is 2. The highest BCUT2D eigenvalue weighted by Gasteiger charge is 2.46. The maximum Gasteiger partial charge on any atom is 0.357 e. The largest absolute Gasteiger partial charge is 0.466 e. The molecule has 0 saturated carbocycles. The number of hydrogen-bond acceptors (Lipinski definition) is 10. The lowest BCUT2D eigenvalue weighted by molar-refractivity contribution is -0.136. The van der Waals surface area contributed by atoms with Gasteiger partial charge in [-0.3, -0.25) is 4.99 Å². The number of sulfonamides is 1. The summed E-state index contributed by atoms with van der Waals surface area (Å²) in [6.45, 7) is -0.00670. The Kier molecular flexibility index (Phi) is 7.73. The normalized spacial score (nSPS) is 18.9. The van der Waals surface area contributed by atoms with Crippen LogP contribution in [-0.4, -0.2) is 66.5 Å². The summed E-state index contributed by atoms with van der Waals surface area (Å²) in [4.78, 5) is 42.2. The summed E-state index contributed by atoms with van der Waals surface area (Å²) in [5, 5.41) is 2.29. The number of aromatic nitrogens is 1. The molecular weight excluding hydrogens is 583 g/mol. The summed E-state index contributed by atoms with van der Waals surface area (Å²) in [5.74, 6) is -1.79. The van der Waals surface area contributed by atoms with Crippen LogP contribution in [0.5, 0.6) is 0 Å². The third-order valence-electron chi connectivity index (χ3n) is 6.33. The molecule has 1 saturated heterocycles. The number of carbonyl (C=O) groups excluding carboxylic acids is 2. The number of hydroxylamine groups is 1. The molecule has 2 aromatic carbocycles. The molecule has 2 aliphatic heterocycles. The number of amidine groups is 1. The van der Waals surface area contributed by atoms with Crippen molar-refractivity contribution >= 4 is 50.7 Å². The standard InChI is InChI=1S/C26H22ClFN4O6S2/c1-37-26(34)21-20-13-17(32(40(2,35)36)38-25(33)15-6-4-3-5-7-15)14-31(20)23(24-29-10-11-39-24)30-22(21)18-9-8-16(28)12-19(18)27/h3-12,17,22H,13-14H2,1-2H3/t17-,22-/m0/s1. The molecule has 0 N–H and O–H groups in total. The van der Waals surface area contributed by atoms with Crippen LogP contribution >= 0.6 is 22.9 Å². The van der Waals surface area contributed by atoms with Gasteiger partial charge in [0.05, 0.1) is 30.5 Å². The van der Waals surface area contributed by atoms with E-state index in [-0.39, 0.29) is 29.1 Å². The van der Waals surface area contributed by atoms with Gasteiger partial charge in [-0.25, -0.2) is 27.4 Å². The third-order valence-corrected chi connectivity index (χ3v) is 8.46. The van der Waals surface area contributed by atoms with Crippen LogP contribution in [0.3, 0.4) is 0 Å². The van der Waals surface area contributed by atoms with Gasteiger partial charge >= 0.3 is 11.9 Å². The second kappa shape index (κ2) is 11.1. The van der Waals surface area contributed by atoms with Crippen molar-refractivity contribution in [2.45, 2.75) is 18.5 Å². The van der Waals surface area contributed by atoms with Gasteiger partial charge in [-0.1, -0.05) is 35.9 Å². The van der Waals surface area contributed by atoms with E-state index in [1.807, 2.05) is 0 Å². The topological polar surface area (TPSA) is 118 Å². The average Bonchev–Trinajstić information content (AvgIpc) is 3.61. The minimum Gasteiger partial charge on any atom is -0.466 e. The Bertz CT molecular complexity index is 1630. The number of thiazole rings is 1. The van der Waals surface area contributed by atoms with Crippen LogP contribution in [0.2, 0.25) is 5.02 Å². The van der Waals surface area contributed by atoms with E-state index < -0.39 is 39.9 Å². The van der Waals surface area contributed by atoms with E-state index in [1.165, 1.54) is 42.7 Å². The molecule has 2 aliphatic rings. The molecule has 2 atom stereocenters. The molecule has 0 bridgehead atoms. The fourth-order valence-electron chi connectivity index (χ4n) is 4.66. The average molecular weight is 605 g/mol. The molecule has 1 aromatic heterocycles. The molecule has 0 unspecified atom stereocenters. The number of esters is 1. The molecule has 10 nitrogen and oxygen atoms in total. The highest BCUT2D eigenvalue weighted by molar-refractivity contribution is 7.88. The van der Waals surface area contributed by atoms with E-state index in [9.17, 15) is 22.4 Å². The monoisotopic (exact) mass is 604 g/mol. The number of methoxy groups -OCH3 is 1. The van der Waals surface area contributed by atoms with Crippen molar-refractivity contribution in [2.75, 3.05) is 19.9 Å². The van der Waals surface area contributed by atoms with Crippen molar-refractivity contribution in [3.63, 3.8) is 0 Å². The molecule has 3 heterocycles. The van der Waals surface area contributed by atoms with Gasteiger partial charge in [0.15, 0.2) is 10.8 Å². The van der Waals surface area contributed by atoms with E-state index in [0.717, 1.165) is 12.3 Å². The Morgan fingerprint density at radius 1 is 1.18 bits per heavy atom. The highest BCUT2D eigenvalue weighted by Crippen LogP contribution is 2.43. The number of ether oxygens (including phenoxy) is 1. The van der Waals surface area contributed by atoms with Crippen molar-refractivity contribution in [1.29, 1.82) is 0 Å². The van der Waals surface area contributed by atoms with E-state index in [4.69, 9.17) is 26.2 Å². The Labute approximate surface area is 238 Å². The van der Waals surface area contributed by atoms with Gasteiger partial charge in [0.2, 0.25) is 10.0 Å². The van der Waals surface area contributed by atoms with Gasteiger partial charge in [0.25, 0.3) is 0 Å². The Morgan fingerprint density at radius 2 is 1.93 bits per heavy atom. The van der Waals surface area contributed by atoms with Crippen LogP contribution in [-0.2, 0) is 24.4 Å². The molecule has 0 aliphatic carbocycles. The number of fused-ring (bicyclic) bond motifs is 1. The molecular formula is C26H22ClFN4O6S2. The van der Waals surface area contributed by atoms with Crippen LogP contribution in [0.25, 0.3) is 0 Å². The SMILES string of the molecule is COC(=O)C1=C2C[C@H](N(OC(=O)c3ccccc3)S(C)(=O)=O)CN2C(c2nccs2)=N[C@H]1c1ccc(F)cc1Cl. The van der Waals surface area contributed by atoms with E-state index in [2.05, 4.69) is 4.98 Å². The van der Waals surface area contributed by atoms with Crippen LogP contribution in [0.15, 0.2) is 76.4 Å². The van der Waals surface area contributed by atoms with Crippen LogP contribution < -0.4 is 0 Å². The van der Waals surface area contributed by atoms with Gasteiger partial charge < -0.3 is 14.5 Å². The first-order valence-electron chi connectivity index (χ1n) is 11.9. The molecule has 40 heavy (non-hydrogen) atoms. The van der Waals surface area contributed by atoms with Crippen molar-refractivity contribution in [3.05, 3.63) is 98.4 Å². The second-order valence-corrected chi connectivity index (χ2v) is 12.1. The van der Waals surface area contributed by atoms with Gasteiger partial charge in [0.1, 0.15) is 11.9 Å². The Balaban J connectivity index is 1.62. The molecule has 3 aromatic rings. The molecule has 0 amide bonds. The minimum absolute atomic E-state index is 0.00670. The maximum atomic E-state index is 13.9. The van der Waals surface area contributed by atoms with E-state index in [1.54, 1.807) is 34.7 Å². The molecule has 0 spiro atoms. The number of nitrogens with zero attached hydrogens (tertiary/aromatic N) is 4. The number of halogens is 2. The molecule has 208 valence electrons. The smallest absolute Gasteiger partial charge is 0.357 e. The summed E-state index contributed by atoms with van der Waals surface area (Å²) >= 11 is 7.68. The number of hydrogen-bond donors (Lipinski definition) is 0. The van der Waals surface area contributed by atoms with Crippen molar-refractivity contribution in [1.82, 2.24) is 14.4 Å². The molecule has 1 fully saturated rings. The van der Waals surface area contributed by atoms with Crippen molar-refractivity contribution in [2.24, 2.45) is 4.99 Å². The maximum absolute atomic E-state index is 13.9. The Morgan fingerprint density at radius 3 is 2.55 bits per heavy atom. The van der Waals surface area contributed by atoms with E-state index in [0.29, 0.717) is 26.6 Å².